The van der Waals surface area contributed by atoms with Crippen LogP contribution in [0.25, 0.3) is 0 Å². The summed E-state index contributed by atoms with van der Waals surface area (Å²) in [5.41, 5.74) is 0.329. The Morgan fingerprint density at radius 2 is 1.82 bits per heavy atom. The van der Waals surface area contributed by atoms with Crippen molar-refractivity contribution in [2.45, 2.75) is 6.92 Å². The van der Waals surface area contributed by atoms with Crippen LogP contribution in [0.2, 0.25) is 0 Å². The number of aryl methyl sites for hydroxylation is 1. The number of methoxy groups -OCH3 is 2. The predicted molar refractivity (Wildman–Crippen MR) is 81.5 cm³/mol. The van der Waals surface area contributed by atoms with Crippen LogP contribution in [-0.4, -0.2) is 36.2 Å². The number of amides is 2. The third kappa shape index (κ3) is 3.70. The molecule has 0 fully saturated rings. The van der Waals surface area contributed by atoms with Gasteiger partial charge in [-0.05, 0) is 19.1 Å². The molecule has 0 unspecified atom stereocenters. The Bertz CT molecular complexity index is 701. The van der Waals surface area contributed by atoms with Gasteiger partial charge in [-0.1, -0.05) is 11.3 Å². The molecule has 8 nitrogen and oxygen atoms in total. The second-order valence-corrected chi connectivity index (χ2v) is 5.28. The first kappa shape index (κ1) is 15.7. The van der Waals surface area contributed by atoms with Crippen molar-refractivity contribution in [2.24, 2.45) is 0 Å². The lowest BCUT2D eigenvalue weighted by atomic mass is 10.2. The second-order valence-electron chi connectivity index (χ2n) is 4.10. The lowest BCUT2D eigenvalue weighted by Crippen LogP contribution is -2.29. The summed E-state index contributed by atoms with van der Waals surface area (Å²) in [7, 11) is 2.96. The van der Waals surface area contributed by atoms with Crippen molar-refractivity contribution in [3.8, 4) is 11.5 Å². The minimum Gasteiger partial charge on any atom is -0.497 e. The largest absolute Gasteiger partial charge is 0.497 e. The molecular formula is C13H14N4O4S. The van der Waals surface area contributed by atoms with E-state index in [-0.39, 0.29) is 5.13 Å². The van der Waals surface area contributed by atoms with E-state index in [0.29, 0.717) is 22.2 Å². The molecular weight excluding hydrogens is 308 g/mol. The molecule has 0 saturated heterocycles. The number of ether oxygens (including phenoxy) is 2. The van der Waals surface area contributed by atoms with Crippen LogP contribution in [0, 0.1) is 6.92 Å². The fraction of sp³-hybridized carbons (Fsp3) is 0.231. The molecule has 9 heteroatoms. The number of hydrogen-bond acceptors (Lipinski definition) is 7. The molecule has 0 atom stereocenters. The smallest absolute Gasteiger partial charge is 0.315 e. The van der Waals surface area contributed by atoms with Crippen molar-refractivity contribution in [3.63, 3.8) is 0 Å². The molecule has 1 aromatic heterocycles. The van der Waals surface area contributed by atoms with E-state index in [1.165, 1.54) is 25.6 Å². The van der Waals surface area contributed by atoms with Gasteiger partial charge in [-0.15, -0.1) is 10.2 Å². The fourth-order valence-electron chi connectivity index (χ4n) is 1.59. The molecule has 0 aliphatic heterocycles. The summed E-state index contributed by atoms with van der Waals surface area (Å²) in [6.45, 7) is 1.74. The molecule has 22 heavy (non-hydrogen) atoms. The van der Waals surface area contributed by atoms with Gasteiger partial charge in [0.05, 0.1) is 19.9 Å². The van der Waals surface area contributed by atoms with Crippen LogP contribution < -0.4 is 20.1 Å². The van der Waals surface area contributed by atoms with E-state index >= 15 is 0 Å². The Balaban J connectivity index is 2.09. The van der Waals surface area contributed by atoms with Gasteiger partial charge in [0, 0.05) is 6.07 Å². The molecule has 2 N–H and O–H groups in total. The van der Waals surface area contributed by atoms with Crippen LogP contribution in [0.3, 0.4) is 0 Å². The van der Waals surface area contributed by atoms with Gasteiger partial charge in [-0.25, -0.2) is 0 Å². The third-order valence-corrected chi connectivity index (χ3v) is 3.36. The minimum absolute atomic E-state index is 0.259. The van der Waals surface area contributed by atoms with Crippen LogP contribution in [0.4, 0.5) is 10.8 Å². The summed E-state index contributed by atoms with van der Waals surface area (Å²) < 4.78 is 10.2. The van der Waals surface area contributed by atoms with Crippen molar-refractivity contribution in [3.05, 3.63) is 23.2 Å². The Morgan fingerprint density at radius 1 is 1.09 bits per heavy atom. The molecule has 116 valence electrons. The van der Waals surface area contributed by atoms with Crippen LogP contribution in [0.15, 0.2) is 18.2 Å². The normalized spacial score (nSPS) is 9.95. The van der Waals surface area contributed by atoms with Gasteiger partial charge in [-0.2, -0.15) is 0 Å². The number of anilines is 2. The molecule has 0 spiro atoms. The maximum atomic E-state index is 11.9. The van der Waals surface area contributed by atoms with E-state index in [4.69, 9.17) is 9.47 Å². The van der Waals surface area contributed by atoms with Crippen LogP contribution in [0.5, 0.6) is 11.5 Å². The summed E-state index contributed by atoms with van der Waals surface area (Å²) in [6.07, 6.45) is 0. The number of hydrogen-bond donors (Lipinski definition) is 2. The molecule has 2 aromatic rings. The predicted octanol–water partition coefficient (Wildman–Crippen LogP) is 1.44. The van der Waals surface area contributed by atoms with Gasteiger partial charge in [0.25, 0.3) is 0 Å². The molecule has 0 saturated carbocycles. The lowest BCUT2D eigenvalue weighted by molar-refractivity contribution is -0.133. The highest BCUT2D eigenvalue weighted by atomic mass is 32.1. The highest BCUT2D eigenvalue weighted by Gasteiger charge is 2.18. The van der Waals surface area contributed by atoms with E-state index in [1.807, 2.05) is 0 Å². The minimum atomic E-state index is -0.848. The van der Waals surface area contributed by atoms with E-state index in [2.05, 4.69) is 20.8 Å². The highest BCUT2D eigenvalue weighted by Crippen LogP contribution is 2.28. The maximum absolute atomic E-state index is 11.9. The summed E-state index contributed by atoms with van der Waals surface area (Å²) in [5, 5.41) is 13.2. The molecule has 0 aliphatic carbocycles. The third-order valence-electron chi connectivity index (χ3n) is 2.61. The standard InChI is InChI=1S/C13H14N4O4S/c1-7-16-17-13(22-7)15-12(19)11(18)14-9-6-8(20-2)4-5-10(9)21-3/h4-6H,1-3H3,(H,14,18)(H,15,17,19). The maximum Gasteiger partial charge on any atom is 0.315 e. The van der Waals surface area contributed by atoms with Crippen molar-refractivity contribution >= 4 is 34.0 Å². The van der Waals surface area contributed by atoms with Crippen molar-refractivity contribution in [1.82, 2.24) is 10.2 Å². The quantitative estimate of drug-likeness (QED) is 0.826. The first-order valence-corrected chi connectivity index (χ1v) is 6.99. The van der Waals surface area contributed by atoms with Gasteiger partial charge in [0.2, 0.25) is 5.13 Å². The molecule has 1 aromatic carbocycles. The molecule has 0 bridgehead atoms. The second kappa shape index (κ2) is 6.85. The zero-order valence-corrected chi connectivity index (χ0v) is 13.0. The summed E-state index contributed by atoms with van der Waals surface area (Å²) in [6, 6.07) is 4.86. The number of nitrogens with one attached hydrogen (secondary N) is 2. The average molecular weight is 322 g/mol. The van der Waals surface area contributed by atoms with E-state index in [0.717, 1.165) is 0 Å². The number of nitrogens with zero attached hydrogens (tertiary/aromatic N) is 2. The topological polar surface area (TPSA) is 102 Å². The fourth-order valence-corrected chi connectivity index (χ4v) is 2.18. The Kier molecular flexibility index (Phi) is 4.89. The number of aromatic nitrogens is 2. The van der Waals surface area contributed by atoms with Gasteiger partial charge < -0.3 is 14.8 Å². The monoisotopic (exact) mass is 322 g/mol. The van der Waals surface area contributed by atoms with Gasteiger partial charge in [-0.3, -0.25) is 14.9 Å². The van der Waals surface area contributed by atoms with Crippen LogP contribution in [-0.2, 0) is 9.59 Å². The first-order valence-electron chi connectivity index (χ1n) is 6.18. The van der Waals surface area contributed by atoms with E-state index < -0.39 is 11.8 Å². The molecule has 2 rings (SSSR count). The zero-order valence-electron chi connectivity index (χ0n) is 12.2. The lowest BCUT2D eigenvalue weighted by Gasteiger charge is -2.11. The average Bonchev–Trinajstić information content (AvgIpc) is 2.92. The number of carbonyl (C=O) groups is 2. The van der Waals surface area contributed by atoms with Crippen LogP contribution in [0.1, 0.15) is 5.01 Å². The summed E-state index contributed by atoms with van der Waals surface area (Å²) >= 11 is 1.17. The van der Waals surface area contributed by atoms with Gasteiger partial charge in [0.1, 0.15) is 16.5 Å². The molecule has 1 heterocycles. The highest BCUT2D eigenvalue weighted by molar-refractivity contribution is 7.15. The molecule has 0 aliphatic rings. The van der Waals surface area contributed by atoms with E-state index in [1.54, 1.807) is 25.1 Å². The summed E-state index contributed by atoms with van der Waals surface area (Å²) in [5.74, 6) is -0.759. The van der Waals surface area contributed by atoms with Crippen molar-refractivity contribution in [2.75, 3.05) is 24.9 Å². The SMILES string of the molecule is COc1ccc(OC)c(NC(=O)C(=O)Nc2nnc(C)s2)c1. The summed E-state index contributed by atoms with van der Waals surface area (Å²) in [4.78, 5) is 23.8. The zero-order chi connectivity index (χ0) is 16.1. The van der Waals surface area contributed by atoms with Crippen LogP contribution >= 0.6 is 11.3 Å². The Hall–Kier alpha value is -2.68. The first-order chi connectivity index (χ1) is 10.5. The number of carbonyl (C=O) groups excluding carboxylic acids is 2. The Morgan fingerprint density at radius 3 is 2.41 bits per heavy atom. The number of benzene rings is 1. The van der Waals surface area contributed by atoms with Crippen molar-refractivity contribution in [1.29, 1.82) is 0 Å². The molecule has 2 amide bonds. The van der Waals surface area contributed by atoms with E-state index in [9.17, 15) is 9.59 Å². The van der Waals surface area contributed by atoms with Gasteiger partial charge in [0.15, 0.2) is 0 Å². The number of rotatable bonds is 4. The van der Waals surface area contributed by atoms with Gasteiger partial charge >= 0.3 is 11.8 Å². The Labute approximate surface area is 130 Å². The van der Waals surface area contributed by atoms with Crippen molar-refractivity contribution < 1.29 is 19.1 Å². The molecule has 0 radical (unpaired) electrons.